The fourth-order valence-electron chi connectivity index (χ4n) is 1.38. The second-order valence-electron chi connectivity index (χ2n) is 4.75. The van der Waals surface area contributed by atoms with Crippen molar-refractivity contribution in [1.29, 1.82) is 0 Å². The van der Waals surface area contributed by atoms with Crippen LogP contribution < -0.4 is 21.7 Å². The summed E-state index contributed by atoms with van der Waals surface area (Å²) in [7, 11) is 0. The molecule has 1 aromatic rings. The highest BCUT2D eigenvalue weighted by Gasteiger charge is 2.07. The summed E-state index contributed by atoms with van der Waals surface area (Å²) in [5.41, 5.74) is 6.34. The Bertz CT molecular complexity index is 517. The Labute approximate surface area is 135 Å². The first-order valence-corrected chi connectivity index (χ1v) is 6.60. The molecule has 0 aliphatic rings. The molecule has 0 heterocycles. The topological polar surface area (TPSA) is 113 Å². The number of nitrogens with two attached hydrogens (primary N) is 1. The molecule has 1 rings (SSSR count). The zero-order valence-corrected chi connectivity index (χ0v) is 13.3. The smallest absolute Gasteiger partial charge is 0.243 e. The van der Waals surface area contributed by atoms with E-state index in [2.05, 4.69) is 16.0 Å². The van der Waals surface area contributed by atoms with Crippen LogP contribution in [0.5, 0.6) is 0 Å². The van der Waals surface area contributed by atoms with Crippen LogP contribution in [0.2, 0.25) is 0 Å². The molecule has 5 N–H and O–H groups in total. The number of amides is 3. The van der Waals surface area contributed by atoms with Crippen LogP contribution in [0, 0.1) is 5.92 Å². The maximum atomic E-state index is 11.5. The molecule has 0 unspecified atom stereocenters. The number of carbonyl (C=O) groups is 3. The molecule has 0 saturated heterocycles. The molecule has 0 spiro atoms. The molecular weight excluding hydrogens is 308 g/mol. The summed E-state index contributed by atoms with van der Waals surface area (Å²) in [6.45, 7) is 3.32. The number of nitrogens with one attached hydrogen (secondary N) is 3. The third-order valence-corrected chi connectivity index (χ3v) is 2.59. The van der Waals surface area contributed by atoms with Crippen LogP contribution in [-0.2, 0) is 14.4 Å². The second kappa shape index (κ2) is 9.75. The largest absolute Gasteiger partial charge is 0.346 e. The van der Waals surface area contributed by atoms with Gasteiger partial charge in [0.2, 0.25) is 17.7 Å². The third-order valence-electron chi connectivity index (χ3n) is 2.59. The second-order valence-corrected chi connectivity index (χ2v) is 4.75. The molecule has 0 fully saturated rings. The van der Waals surface area contributed by atoms with Crippen molar-refractivity contribution in [2.45, 2.75) is 13.8 Å². The number of carbonyl (C=O) groups excluding carboxylic acids is 3. The van der Waals surface area contributed by atoms with Gasteiger partial charge in [-0.1, -0.05) is 13.8 Å². The van der Waals surface area contributed by atoms with Crippen molar-refractivity contribution in [3.8, 4) is 0 Å². The third kappa shape index (κ3) is 7.05. The standard InChI is InChI=1S/C14H20N4O3.ClH/c1-9(2)14(21)18-11-5-3-10(4-6-11)17-13(20)8-16-12(19)7-15;/h3-6,9H,7-8,15H2,1-2H3,(H,16,19)(H,17,20)(H,18,21);1H. The molecule has 0 saturated carbocycles. The van der Waals surface area contributed by atoms with E-state index in [-0.39, 0.29) is 43.2 Å². The minimum absolute atomic E-state index is 0. The molecule has 0 bridgehead atoms. The van der Waals surface area contributed by atoms with Gasteiger partial charge < -0.3 is 21.7 Å². The summed E-state index contributed by atoms with van der Waals surface area (Å²) in [4.78, 5) is 34.0. The van der Waals surface area contributed by atoms with Gasteiger partial charge in [-0.05, 0) is 24.3 Å². The number of rotatable bonds is 6. The summed E-state index contributed by atoms with van der Waals surface area (Å²) >= 11 is 0. The van der Waals surface area contributed by atoms with Crippen LogP contribution in [-0.4, -0.2) is 30.8 Å². The quantitative estimate of drug-likeness (QED) is 0.616. The highest BCUT2D eigenvalue weighted by atomic mass is 35.5. The van der Waals surface area contributed by atoms with Gasteiger partial charge in [-0.3, -0.25) is 14.4 Å². The molecule has 22 heavy (non-hydrogen) atoms. The first kappa shape index (κ1) is 19.9. The van der Waals surface area contributed by atoms with Gasteiger partial charge in [0.05, 0.1) is 13.1 Å². The zero-order valence-electron chi connectivity index (χ0n) is 12.5. The Morgan fingerprint density at radius 1 is 1.00 bits per heavy atom. The Balaban J connectivity index is 0.00000441. The van der Waals surface area contributed by atoms with E-state index in [4.69, 9.17) is 5.73 Å². The normalized spacial score (nSPS) is 9.64. The first-order chi connectivity index (χ1) is 9.92. The summed E-state index contributed by atoms with van der Waals surface area (Å²) in [6.07, 6.45) is 0. The lowest BCUT2D eigenvalue weighted by Crippen LogP contribution is -2.36. The fraction of sp³-hybridized carbons (Fsp3) is 0.357. The molecule has 7 nitrogen and oxygen atoms in total. The van der Waals surface area contributed by atoms with Crippen molar-refractivity contribution in [1.82, 2.24) is 5.32 Å². The Hall–Kier alpha value is -2.12. The number of anilines is 2. The highest BCUT2D eigenvalue weighted by Crippen LogP contribution is 2.14. The van der Waals surface area contributed by atoms with Crippen molar-refractivity contribution < 1.29 is 14.4 Å². The average Bonchev–Trinajstić information content (AvgIpc) is 2.46. The van der Waals surface area contributed by atoms with E-state index in [1.54, 1.807) is 38.1 Å². The summed E-state index contributed by atoms with van der Waals surface area (Å²) < 4.78 is 0. The van der Waals surface area contributed by atoms with E-state index in [0.29, 0.717) is 11.4 Å². The molecule has 0 aliphatic carbocycles. The van der Waals surface area contributed by atoms with Gasteiger partial charge in [0, 0.05) is 17.3 Å². The van der Waals surface area contributed by atoms with Crippen LogP contribution in [0.3, 0.4) is 0 Å². The van der Waals surface area contributed by atoms with Gasteiger partial charge in [-0.2, -0.15) is 0 Å². The maximum Gasteiger partial charge on any atom is 0.243 e. The van der Waals surface area contributed by atoms with Crippen LogP contribution in [0.1, 0.15) is 13.8 Å². The Morgan fingerprint density at radius 2 is 1.50 bits per heavy atom. The molecule has 1 aromatic carbocycles. The predicted molar refractivity (Wildman–Crippen MR) is 87.9 cm³/mol. The van der Waals surface area contributed by atoms with Crippen LogP contribution in [0.25, 0.3) is 0 Å². The van der Waals surface area contributed by atoms with Gasteiger partial charge in [-0.15, -0.1) is 12.4 Å². The van der Waals surface area contributed by atoms with E-state index in [0.717, 1.165) is 0 Å². The minimum Gasteiger partial charge on any atom is -0.346 e. The average molecular weight is 329 g/mol. The van der Waals surface area contributed by atoms with Crippen molar-refractivity contribution >= 4 is 41.5 Å². The molecule has 0 atom stereocenters. The summed E-state index contributed by atoms with van der Waals surface area (Å²) in [5, 5.41) is 7.73. The number of hydrogen-bond donors (Lipinski definition) is 4. The maximum absolute atomic E-state index is 11.5. The van der Waals surface area contributed by atoms with Crippen molar-refractivity contribution in [2.75, 3.05) is 23.7 Å². The van der Waals surface area contributed by atoms with Crippen molar-refractivity contribution in [3.63, 3.8) is 0 Å². The molecule has 0 radical (unpaired) electrons. The van der Waals surface area contributed by atoms with Crippen LogP contribution in [0.4, 0.5) is 11.4 Å². The van der Waals surface area contributed by atoms with Gasteiger partial charge in [0.1, 0.15) is 0 Å². The monoisotopic (exact) mass is 328 g/mol. The Morgan fingerprint density at radius 3 is 1.95 bits per heavy atom. The number of halogens is 1. The van der Waals surface area contributed by atoms with Gasteiger partial charge in [0.25, 0.3) is 0 Å². The highest BCUT2D eigenvalue weighted by molar-refractivity contribution is 5.95. The van der Waals surface area contributed by atoms with E-state index < -0.39 is 5.91 Å². The molecular formula is C14H21ClN4O3. The van der Waals surface area contributed by atoms with Gasteiger partial charge in [0.15, 0.2) is 0 Å². The minimum atomic E-state index is -0.392. The molecule has 0 aliphatic heterocycles. The van der Waals surface area contributed by atoms with E-state index >= 15 is 0 Å². The molecule has 8 heteroatoms. The zero-order chi connectivity index (χ0) is 15.8. The molecule has 122 valence electrons. The fourth-order valence-corrected chi connectivity index (χ4v) is 1.38. The lowest BCUT2D eigenvalue weighted by molar-refractivity contribution is -0.123. The molecule has 0 aromatic heterocycles. The predicted octanol–water partition coefficient (Wildman–Crippen LogP) is 0.716. The summed E-state index contributed by atoms with van der Waals surface area (Å²) in [6, 6.07) is 6.71. The lowest BCUT2D eigenvalue weighted by Gasteiger charge is -2.09. The van der Waals surface area contributed by atoms with Gasteiger partial charge >= 0.3 is 0 Å². The number of benzene rings is 1. The van der Waals surface area contributed by atoms with Crippen molar-refractivity contribution in [3.05, 3.63) is 24.3 Å². The van der Waals surface area contributed by atoms with E-state index in [9.17, 15) is 14.4 Å². The Kier molecular flexibility index (Phi) is 8.81. The van der Waals surface area contributed by atoms with Gasteiger partial charge in [-0.25, -0.2) is 0 Å². The van der Waals surface area contributed by atoms with E-state index in [1.807, 2.05) is 0 Å². The summed E-state index contributed by atoms with van der Waals surface area (Å²) in [5.74, 6) is -0.917. The number of hydrogen-bond acceptors (Lipinski definition) is 4. The van der Waals surface area contributed by atoms with Crippen LogP contribution in [0.15, 0.2) is 24.3 Å². The van der Waals surface area contributed by atoms with E-state index in [1.165, 1.54) is 0 Å². The first-order valence-electron chi connectivity index (χ1n) is 6.60. The van der Waals surface area contributed by atoms with Crippen LogP contribution >= 0.6 is 12.4 Å². The lowest BCUT2D eigenvalue weighted by atomic mass is 10.2. The molecule has 3 amide bonds. The SMILES string of the molecule is CC(C)C(=O)Nc1ccc(NC(=O)CNC(=O)CN)cc1.Cl. The van der Waals surface area contributed by atoms with Crippen molar-refractivity contribution in [2.24, 2.45) is 11.7 Å².